The SMILES string of the molecule is CCCCCC1CCC(c2cnc(-c3ccc(COC)c(F)c3)nc2)CC1. The van der Waals surface area contributed by atoms with Gasteiger partial charge in [-0.05, 0) is 49.1 Å². The third-order valence-corrected chi connectivity index (χ3v) is 5.82. The fourth-order valence-electron chi connectivity index (χ4n) is 4.12. The molecule has 1 fully saturated rings. The van der Waals surface area contributed by atoms with Crippen molar-refractivity contribution in [3.63, 3.8) is 0 Å². The van der Waals surface area contributed by atoms with E-state index in [4.69, 9.17) is 4.74 Å². The Hall–Kier alpha value is -1.81. The zero-order chi connectivity index (χ0) is 19.1. The van der Waals surface area contributed by atoms with Gasteiger partial charge in [0.05, 0.1) is 6.61 Å². The quantitative estimate of drug-likeness (QED) is 0.513. The largest absolute Gasteiger partial charge is 0.380 e. The van der Waals surface area contributed by atoms with Crippen LogP contribution in [0.1, 0.15) is 75.3 Å². The lowest BCUT2D eigenvalue weighted by Gasteiger charge is -2.28. The fraction of sp³-hybridized carbons (Fsp3) is 0.565. The van der Waals surface area contributed by atoms with E-state index in [0.29, 0.717) is 22.9 Å². The molecule has 2 aromatic rings. The van der Waals surface area contributed by atoms with Gasteiger partial charge in [-0.15, -0.1) is 0 Å². The van der Waals surface area contributed by atoms with Crippen molar-refractivity contribution in [2.45, 2.75) is 70.8 Å². The second-order valence-electron chi connectivity index (χ2n) is 7.79. The van der Waals surface area contributed by atoms with E-state index in [0.717, 1.165) is 5.92 Å². The van der Waals surface area contributed by atoms with Gasteiger partial charge < -0.3 is 4.74 Å². The van der Waals surface area contributed by atoms with Gasteiger partial charge in [-0.3, -0.25) is 0 Å². The maximum atomic E-state index is 14.1. The molecule has 1 aliphatic carbocycles. The van der Waals surface area contributed by atoms with Crippen molar-refractivity contribution in [3.8, 4) is 11.4 Å². The molecule has 1 heterocycles. The smallest absolute Gasteiger partial charge is 0.159 e. The monoisotopic (exact) mass is 370 g/mol. The molecule has 27 heavy (non-hydrogen) atoms. The van der Waals surface area contributed by atoms with Gasteiger partial charge in [0.25, 0.3) is 0 Å². The first-order chi connectivity index (χ1) is 13.2. The average molecular weight is 371 g/mol. The van der Waals surface area contributed by atoms with Gasteiger partial charge >= 0.3 is 0 Å². The van der Waals surface area contributed by atoms with Crippen LogP contribution >= 0.6 is 0 Å². The molecule has 0 spiro atoms. The van der Waals surface area contributed by atoms with Gasteiger partial charge in [0.2, 0.25) is 0 Å². The highest BCUT2D eigenvalue weighted by Crippen LogP contribution is 2.37. The van der Waals surface area contributed by atoms with Crippen molar-refractivity contribution in [2.75, 3.05) is 7.11 Å². The molecule has 0 N–H and O–H groups in total. The zero-order valence-electron chi connectivity index (χ0n) is 16.6. The number of rotatable bonds is 8. The molecule has 1 saturated carbocycles. The van der Waals surface area contributed by atoms with Gasteiger partial charge in [-0.1, -0.05) is 44.7 Å². The lowest BCUT2D eigenvalue weighted by Crippen LogP contribution is -2.14. The summed E-state index contributed by atoms with van der Waals surface area (Å²) in [6, 6.07) is 5.09. The Morgan fingerprint density at radius 3 is 2.44 bits per heavy atom. The number of methoxy groups -OCH3 is 1. The first-order valence-corrected chi connectivity index (χ1v) is 10.3. The highest BCUT2D eigenvalue weighted by molar-refractivity contribution is 5.55. The minimum atomic E-state index is -0.275. The molecule has 0 aliphatic heterocycles. The molecule has 4 heteroatoms. The lowest BCUT2D eigenvalue weighted by atomic mass is 9.77. The topological polar surface area (TPSA) is 35.0 Å². The van der Waals surface area contributed by atoms with E-state index in [1.54, 1.807) is 13.2 Å². The number of nitrogens with zero attached hydrogens (tertiary/aromatic N) is 2. The van der Waals surface area contributed by atoms with Gasteiger partial charge in [-0.25, -0.2) is 14.4 Å². The summed E-state index contributed by atoms with van der Waals surface area (Å²) in [5, 5.41) is 0. The molecule has 146 valence electrons. The summed E-state index contributed by atoms with van der Waals surface area (Å²) in [5.41, 5.74) is 2.48. The van der Waals surface area contributed by atoms with Crippen molar-refractivity contribution in [2.24, 2.45) is 5.92 Å². The summed E-state index contributed by atoms with van der Waals surface area (Å²) in [5.74, 6) is 1.78. The molecule has 0 unspecified atom stereocenters. The van der Waals surface area contributed by atoms with Crippen molar-refractivity contribution in [1.29, 1.82) is 0 Å². The van der Waals surface area contributed by atoms with Crippen molar-refractivity contribution < 1.29 is 9.13 Å². The number of halogens is 1. The van der Waals surface area contributed by atoms with Crippen molar-refractivity contribution in [3.05, 3.63) is 47.5 Å². The van der Waals surface area contributed by atoms with E-state index in [1.165, 1.54) is 63.0 Å². The predicted octanol–water partition coefficient (Wildman–Crippen LogP) is 6.28. The van der Waals surface area contributed by atoms with Crippen LogP contribution in [0.3, 0.4) is 0 Å². The molecule has 0 amide bonds. The third kappa shape index (κ3) is 5.35. The Bertz CT molecular complexity index is 709. The fourth-order valence-corrected chi connectivity index (χ4v) is 4.12. The van der Waals surface area contributed by atoms with Crippen LogP contribution in [0.4, 0.5) is 4.39 Å². The molecule has 0 atom stereocenters. The van der Waals surface area contributed by atoms with Gasteiger partial charge in [0, 0.05) is 30.6 Å². The summed E-state index contributed by atoms with van der Waals surface area (Å²) in [7, 11) is 1.56. The Labute approximate surface area is 162 Å². The first-order valence-electron chi connectivity index (χ1n) is 10.3. The van der Waals surface area contributed by atoms with Crippen molar-refractivity contribution in [1.82, 2.24) is 9.97 Å². The van der Waals surface area contributed by atoms with Crippen LogP contribution in [-0.2, 0) is 11.3 Å². The Morgan fingerprint density at radius 1 is 1.07 bits per heavy atom. The van der Waals surface area contributed by atoms with E-state index in [1.807, 2.05) is 18.5 Å². The van der Waals surface area contributed by atoms with Crippen LogP contribution in [0, 0.1) is 11.7 Å². The van der Waals surface area contributed by atoms with E-state index < -0.39 is 0 Å². The predicted molar refractivity (Wildman–Crippen MR) is 107 cm³/mol. The molecule has 0 saturated heterocycles. The molecule has 1 aliphatic rings. The number of benzene rings is 1. The minimum absolute atomic E-state index is 0.271. The van der Waals surface area contributed by atoms with Crippen LogP contribution in [0.2, 0.25) is 0 Å². The van der Waals surface area contributed by atoms with Crippen LogP contribution in [0.15, 0.2) is 30.6 Å². The normalized spacial score (nSPS) is 20.0. The Morgan fingerprint density at radius 2 is 1.81 bits per heavy atom. The second kappa shape index (κ2) is 9.93. The summed E-state index contributed by atoms with van der Waals surface area (Å²) in [4.78, 5) is 9.02. The van der Waals surface area contributed by atoms with Crippen molar-refractivity contribution >= 4 is 0 Å². The van der Waals surface area contributed by atoms with Crippen LogP contribution in [0.25, 0.3) is 11.4 Å². The van der Waals surface area contributed by atoms with Gasteiger partial charge in [0.1, 0.15) is 5.82 Å². The standard InChI is InChI=1S/C23H31FN2O/c1-3-4-5-6-17-7-9-18(10-8-17)21-14-25-23(26-15-21)19-11-12-20(16-27-2)22(24)13-19/h11-15,17-18H,3-10,16H2,1-2H3. The number of hydrogen-bond donors (Lipinski definition) is 0. The molecule has 1 aromatic heterocycles. The maximum absolute atomic E-state index is 14.1. The van der Waals surface area contributed by atoms with E-state index >= 15 is 0 Å². The summed E-state index contributed by atoms with van der Waals surface area (Å²) < 4.78 is 19.1. The number of ether oxygens (including phenoxy) is 1. The number of hydrogen-bond acceptors (Lipinski definition) is 3. The van der Waals surface area contributed by atoms with E-state index in [2.05, 4.69) is 16.9 Å². The van der Waals surface area contributed by atoms with Gasteiger partial charge in [0.15, 0.2) is 5.82 Å². The molecule has 3 rings (SSSR count). The molecular formula is C23H31FN2O. The average Bonchev–Trinajstić information content (AvgIpc) is 2.71. The molecule has 3 nitrogen and oxygen atoms in total. The van der Waals surface area contributed by atoms with Crippen LogP contribution in [0.5, 0.6) is 0 Å². The molecule has 0 bridgehead atoms. The summed E-state index contributed by atoms with van der Waals surface area (Å²) in [6.07, 6.45) is 14.4. The lowest BCUT2D eigenvalue weighted by molar-refractivity contribution is 0.181. The summed E-state index contributed by atoms with van der Waals surface area (Å²) in [6.45, 7) is 2.54. The number of aromatic nitrogens is 2. The number of unbranched alkanes of at least 4 members (excludes halogenated alkanes) is 2. The molecule has 1 aromatic carbocycles. The molecule has 0 radical (unpaired) electrons. The first kappa shape index (κ1) is 19.9. The minimum Gasteiger partial charge on any atom is -0.380 e. The zero-order valence-corrected chi connectivity index (χ0v) is 16.6. The summed E-state index contributed by atoms with van der Waals surface area (Å²) >= 11 is 0. The Kier molecular flexibility index (Phi) is 7.33. The maximum Gasteiger partial charge on any atom is 0.159 e. The highest BCUT2D eigenvalue weighted by Gasteiger charge is 2.22. The second-order valence-corrected chi connectivity index (χ2v) is 7.79. The van der Waals surface area contributed by atoms with E-state index in [9.17, 15) is 4.39 Å². The molecular weight excluding hydrogens is 339 g/mol. The van der Waals surface area contributed by atoms with Crippen LogP contribution in [-0.4, -0.2) is 17.1 Å². The van der Waals surface area contributed by atoms with E-state index in [-0.39, 0.29) is 12.4 Å². The Balaban J connectivity index is 1.59. The van der Waals surface area contributed by atoms with Gasteiger partial charge in [-0.2, -0.15) is 0 Å². The highest BCUT2D eigenvalue weighted by atomic mass is 19.1. The van der Waals surface area contributed by atoms with Crippen LogP contribution < -0.4 is 0 Å². The third-order valence-electron chi connectivity index (χ3n) is 5.82.